The summed E-state index contributed by atoms with van der Waals surface area (Å²) in [7, 11) is 1.18. The van der Waals surface area contributed by atoms with Gasteiger partial charge in [-0.05, 0) is 38.8 Å². The first-order chi connectivity index (χ1) is 16.6. The first-order valence-corrected chi connectivity index (χ1v) is 11.5. The summed E-state index contributed by atoms with van der Waals surface area (Å²) in [5, 5.41) is 3.37. The first-order valence-electron chi connectivity index (χ1n) is 11.5. The molecule has 1 amide bonds. The molecule has 198 valence electrons. The molecule has 1 saturated heterocycles. The molecule has 0 saturated carbocycles. The van der Waals surface area contributed by atoms with Crippen molar-refractivity contribution in [3.63, 3.8) is 0 Å². The van der Waals surface area contributed by atoms with Gasteiger partial charge in [-0.1, -0.05) is 18.2 Å². The lowest BCUT2D eigenvalue weighted by molar-refractivity contribution is -0.202. The highest BCUT2D eigenvalue weighted by atomic mass is 19.4. The van der Waals surface area contributed by atoms with Crippen LogP contribution in [0.4, 0.5) is 26.3 Å². The molecule has 2 aliphatic heterocycles. The maximum absolute atomic E-state index is 13.7. The van der Waals surface area contributed by atoms with Crippen molar-refractivity contribution in [2.75, 3.05) is 26.7 Å². The van der Waals surface area contributed by atoms with E-state index >= 15 is 0 Å². The number of rotatable bonds is 3. The minimum absolute atomic E-state index is 0.0885. The predicted octanol–water partition coefficient (Wildman–Crippen LogP) is 4.29. The smallest absolute Gasteiger partial charge is 0.373 e. The summed E-state index contributed by atoms with van der Waals surface area (Å²) in [5.41, 5.74) is -2.37. The normalized spacial score (nSPS) is 28.1. The van der Waals surface area contributed by atoms with Gasteiger partial charge in [0.1, 0.15) is 5.92 Å². The van der Waals surface area contributed by atoms with E-state index in [1.54, 1.807) is 6.92 Å². The Bertz CT molecular complexity index is 1110. The van der Waals surface area contributed by atoms with Crippen LogP contribution in [0.15, 0.2) is 35.9 Å². The molecule has 0 radical (unpaired) electrons. The molecule has 12 heteroatoms. The average molecular weight is 519 g/mol. The first kappa shape index (κ1) is 26.5. The standard InChI is InChI=1S/C24H27F6N3O3/c1-14-13-31-22(18-5-4-16(33(14)18)19(34)24(28,29)30)8-10-32(11-9-22)20(35)15-6-7-21(2,36-3)17(12-15)23(25,26)27/h4-7,12,14,17,31H,8-11,13H2,1-3H3. The van der Waals surface area contributed by atoms with Crippen molar-refractivity contribution < 1.29 is 40.7 Å². The third-order valence-corrected chi connectivity index (χ3v) is 7.58. The lowest BCUT2D eigenvalue weighted by Gasteiger charge is -2.47. The van der Waals surface area contributed by atoms with Crippen molar-refractivity contribution in [2.45, 2.75) is 56.2 Å². The Balaban J connectivity index is 1.55. The maximum atomic E-state index is 13.7. The van der Waals surface area contributed by atoms with E-state index in [-0.39, 0.29) is 18.7 Å². The number of methoxy groups -OCH3 is 1. The molecule has 0 aromatic carbocycles. The number of piperidine rings is 1. The summed E-state index contributed by atoms with van der Waals surface area (Å²) in [4.78, 5) is 26.5. The molecule has 4 rings (SSSR count). The molecule has 1 aromatic rings. The molecule has 36 heavy (non-hydrogen) atoms. The van der Waals surface area contributed by atoms with Gasteiger partial charge in [-0.2, -0.15) is 26.3 Å². The van der Waals surface area contributed by atoms with E-state index in [2.05, 4.69) is 5.32 Å². The number of likely N-dealkylation sites (tertiary alicyclic amines) is 1. The van der Waals surface area contributed by atoms with Gasteiger partial charge < -0.3 is 19.5 Å². The predicted molar refractivity (Wildman–Crippen MR) is 117 cm³/mol. The van der Waals surface area contributed by atoms with Gasteiger partial charge in [0.05, 0.1) is 16.8 Å². The van der Waals surface area contributed by atoms with Crippen LogP contribution < -0.4 is 5.32 Å². The number of hydrogen-bond acceptors (Lipinski definition) is 4. The van der Waals surface area contributed by atoms with Crippen LogP contribution in [0.3, 0.4) is 0 Å². The van der Waals surface area contributed by atoms with Gasteiger partial charge >= 0.3 is 12.4 Å². The van der Waals surface area contributed by atoms with E-state index in [1.165, 1.54) is 47.8 Å². The molecule has 0 bridgehead atoms. The van der Waals surface area contributed by atoms with Crippen LogP contribution in [0.5, 0.6) is 0 Å². The van der Waals surface area contributed by atoms with Crippen molar-refractivity contribution in [3.05, 3.63) is 47.3 Å². The quantitative estimate of drug-likeness (QED) is 0.478. The number of carbonyl (C=O) groups excluding carboxylic acids is 2. The van der Waals surface area contributed by atoms with Gasteiger partial charge in [0.2, 0.25) is 0 Å². The van der Waals surface area contributed by atoms with E-state index in [1.807, 2.05) is 0 Å². The zero-order valence-electron chi connectivity index (χ0n) is 20.0. The Hall–Kier alpha value is -2.60. The van der Waals surface area contributed by atoms with Gasteiger partial charge in [-0.3, -0.25) is 9.59 Å². The fourth-order valence-electron chi connectivity index (χ4n) is 5.39. The molecule has 1 fully saturated rings. The summed E-state index contributed by atoms with van der Waals surface area (Å²) in [6.45, 7) is 3.69. The van der Waals surface area contributed by atoms with Crippen LogP contribution in [-0.2, 0) is 15.1 Å². The number of alkyl halides is 6. The fourth-order valence-corrected chi connectivity index (χ4v) is 5.39. The fraction of sp³-hybridized carbons (Fsp3) is 0.583. The Labute approximate surface area is 203 Å². The van der Waals surface area contributed by atoms with Gasteiger partial charge in [-0.15, -0.1) is 0 Å². The molecule has 3 atom stereocenters. The van der Waals surface area contributed by atoms with Crippen LogP contribution in [0.2, 0.25) is 0 Å². The molecule has 1 aliphatic carbocycles. The minimum atomic E-state index is -5.00. The number of ketones is 1. The zero-order chi connectivity index (χ0) is 26.7. The molecule has 1 N–H and O–H groups in total. The molecule has 3 unspecified atom stereocenters. The number of hydrogen-bond donors (Lipinski definition) is 1. The molecule has 1 aromatic heterocycles. The maximum Gasteiger partial charge on any atom is 0.456 e. The van der Waals surface area contributed by atoms with Gasteiger partial charge in [0.25, 0.3) is 11.7 Å². The highest BCUT2D eigenvalue weighted by Gasteiger charge is 2.52. The topological polar surface area (TPSA) is 63.6 Å². The van der Waals surface area contributed by atoms with Crippen molar-refractivity contribution in [1.29, 1.82) is 0 Å². The van der Waals surface area contributed by atoms with Crippen molar-refractivity contribution in [1.82, 2.24) is 14.8 Å². The highest BCUT2D eigenvalue weighted by Crippen LogP contribution is 2.43. The molecular formula is C24H27F6N3O3. The molecular weight excluding hydrogens is 492 g/mol. The lowest BCUT2D eigenvalue weighted by atomic mass is 9.80. The molecule has 6 nitrogen and oxygen atoms in total. The lowest BCUT2D eigenvalue weighted by Crippen LogP contribution is -2.57. The van der Waals surface area contributed by atoms with Gasteiger partial charge in [0, 0.05) is 44.1 Å². The Morgan fingerprint density at radius 3 is 2.31 bits per heavy atom. The van der Waals surface area contributed by atoms with E-state index in [0.29, 0.717) is 25.1 Å². The average Bonchev–Trinajstić information content (AvgIpc) is 3.27. The van der Waals surface area contributed by atoms with E-state index in [4.69, 9.17) is 4.74 Å². The number of ether oxygens (including phenoxy) is 1. The summed E-state index contributed by atoms with van der Waals surface area (Å²) in [5.74, 6) is -4.46. The second kappa shape index (κ2) is 8.76. The van der Waals surface area contributed by atoms with Crippen LogP contribution >= 0.6 is 0 Å². The number of nitrogens with one attached hydrogen (secondary N) is 1. The van der Waals surface area contributed by atoms with Crippen molar-refractivity contribution in [3.8, 4) is 0 Å². The monoisotopic (exact) mass is 519 g/mol. The highest BCUT2D eigenvalue weighted by molar-refractivity contribution is 5.99. The third-order valence-electron chi connectivity index (χ3n) is 7.58. The number of aromatic nitrogens is 1. The number of Topliss-reactive ketones (excluding diaryl/α,β-unsaturated/α-hetero) is 1. The van der Waals surface area contributed by atoms with Crippen LogP contribution in [0, 0.1) is 5.92 Å². The van der Waals surface area contributed by atoms with Gasteiger partial charge in [-0.25, -0.2) is 0 Å². The summed E-state index contributed by atoms with van der Waals surface area (Å²) in [6.07, 6.45) is -5.52. The molecule has 3 heterocycles. The van der Waals surface area contributed by atoms with Crippen LogP contribution in [0.1, 0.15) is 48.9 Å². The SMILES string of the molecule is COC1(C)C=CC(C(=O)N2CCC3(CC2)NCC(C)n2c(C(=O)C(F)(F)F)ccc23)=CC1C(F)(F)F. The van der Waals surface area contributed by atoms with Crippen LogP contribution in [-0.4, -0.2) is 65.9 Å². The Kier molecular flexibility index (Phi) is 6.44. The van der Waals surface area contributed by atoms with E-state index in [9.17, 15) is 35.9 Å². The van der Waals surface area contributed by atoms with E-state index < -0.39 is 52.8 Å². The van der Waals surface area contributed by atoms with Crippen molar-refractivity contribution in [2.24, 2.45) is 5.92 Å². The largest absolute Gasteiger partial charge is 0.456 e. The second-order valence-corrected chi connectivity index (χ2v) is 9.77. The van der Waals surface area contributed by atoms with E-state index in [0.717, 1.165) is 6.08 Å². The van der Waals surface area contributed by atoms with Gasteiger partial charge in [0.15, 0.2) is 0 Å². The number of amides is 1. The Morgan fingerprint density at radius 1 is 1.11 bits per heavy atom. The zero-order valence-corrected chi connectivity index (χ0v) is 20.0. The summed E-state index contributed by atoms with van der Waals surface area (Å²) < 4.78 is 86.8. The summed E-state index contributed by atoms with van der Waals surface area (Å²) in [6, 6.07) is 2.29. The molecule has 3 aliphatic rings. The number of halogens is 6. The number of nitrogens with zero attached hydrogens (tertiary/aromatic N) is 2. The Morgan fingerprint density at radius 2 is 1.75 bits per heavy atom. The second-order valence-electron chi connectivity index (χ2n) is 9.77. The van der Waals surface area contributed by atoms with Crippen molar-refractivity contribution >= 4 is 11.7 Å². The molecule has 1 spiro atoms. The third kappa shape index (κ3) is 4.38. The minimum Gasteiger partial charge on any atom is -0.373 e. The number of fused-ring (bicyclic) bond motifs is 2. The van der Waals surface area contributed by atoms with Crippen LogP contribution in [0.25, 0.3) is 0 Å². The summed E-state index contributed by atoms with van der Waals surface area (Å²) >= 11 is 0. The number of carbonyl (C=O) groups is 2.